The Bertz CT molecular complexity index is 1270. The number of fused-ring (bicyclic) bond motifs is 1. The molecule has 1 aliphatic rings. The number of phenolic OH excluding ortho intramolecular Hbond substituents is 1. The van der Waals surface area contributed by atoms with Crippen molar-refractivity contribution in [3.05, 3.63) is 42.5 Å². The number of nitrogens with one attached hydrogen (secondary N) is 3. The van der Waals surface area contributed by atoms with Gasteiger partial charge in [0.15, 0.2) is 24.6 Å². The molecule has 3 heterocycles. The third-order valence-electron chi connectivity index (χ3n) is 4.87. The van der Waals surface area contributed by atoms with E-state index in [0.29, 0.717) is 5.52 Å². The van der Waals surface area contributed by atoms with Crippen LogP contribution in [0.3, 0.4) is 0 Å². The van der Waals surface area contributed by atoms with Gasteiger partial charge in [-0.15, -0.1) is 0 Å². The van der Waals surface area contributed by atoms with Gasteiger partial charge in [0.2, 0.25) is 11.7 Å². The fraction of sp³-hybridized carbons (Fsp3) is 0.294. The number of rotatable bonds is 6. The number of halogens is 1. The molecule has 0 bridgehead atoms. The predicted molar refractivity (Wildman–Crippen MR) is 106 cm³/mol. The molecule has 0 aliphatic carbocycles. The zero-order valence-corrected chi connectivity index (χ0v) is 17.0. The quantitative estimate of drug-likeness (QED) is 0.231. The Labute approximate surface area is 180 Å². The van der Waals surface area contributed by atoms with Crippen LogP contribution in [0.15, 0.2) is 36.9 Å². The second-order valence-electron chi connectivity index (χ2n) is 6.94. The van der Waals surface area contributed by atoms with Gasteiger partial charge in [-0.25, -0.2) is 13.7 Å². The van der Waals surface area contributed by atoms with Crippen molar-refractivity contribution in [1.82, 2.24) is 24.4 Å². The fourth-order valence-electron chi connectivity index (χ4n) is 3.28. The van der Waals surface area contributed by atoms with E-state index in [2.05, 4.69) is 15.0 Å². The molecule has 1 aromatic carbocycles. The van der Waals surface area contributed by atoms with E-state index in [9.17, 15) is 27.8 Å². The number of hydrogen-bond donors (Lipinski definition) is 6. The lowest BCUT2D eigenvalue weighted by Gasteiger charge is -2.15. The number of carbonyl (C=O) groups is 1. The molecular weight excluding hydrogens is 449 g/mol. The second-order valence-corrected chi connectivity index (χ2v) is 8.44. The number of nitrogens with two attached hydrogens (primary N) is 1. The Kier molecular flexibility index (Phi) is 5.64. The molecule has 0 unspecified atom stereocenters. The standard InChI is InChI=1S/C17H18FN7O6S/c18-11-13(27)10(31-17(11)25-7-22-12-14(19)20-6-21-15(12)25)5-23-32(29,30)24-16(28)8-3-1-2-4-9(8)26/h1-4,6-7,10-11,13,17,23,27H,5H2,(H4,19,20,21,24,26,28)/p+1/t10-,11-,13-,17-/m1/s1. The van der Waals surface area contributed by atoms with Crippen molar-refractivity contribution in [1.29, 1.82) is 0 Å². The minimum Gasteiger partial charge on any atom is -0.507 e. The number of aliphatic hydroxyl groups is 1. The number of ether oxygens (including phenoxy) is 1. The van der Waals surface area contributed by atoms with Gasteiger partial charge in [-0.05, 0) is 12.1 Å². The van der Waals surface area contributed by atoms with E-state index in [1.807, 2.05) is 4.72 Å². The van der Waals surface area contributed by atoms with Crippen LogP contribution in [0, 0.1) is 0 Å². The number of alkyl halides is 1. The number of hydrogen-bond acceptors (Lipinski definition) is 9. The smallest absolute Gasteiger partial charge is 0.309 e. The summed E-state index contributed by atoms with van der Waals surface area (Å²) in [6.07, 6.45) is -3.66. The van der Waals surface area contributed by atoms with Crippen molar-refractivity contribution in [2.24, 2.45) is 0 Å². The van der Waals surface area contributed by atoms with Crippen molar-refractivity contribution >= 4 is 33.1 Å². The summed E-state index contributed by atoms with van der Waals surface area (Å²) in [6.45, 7) is -0.540. The SMILES string of the molecule is Nc1ncnc2c1[nH]c[n+]2[C@@H]1O[C@H](CNS(=O)(=O)NC(=O)c2ccccc2O)[C@@H](O)[C@H]1F. The molecule has 4 atom stereocenters. The van der Waals surface area contributed by atoms with Crippen LogP contribution >= 0.6 is 0 Å². The highest BCUT2D eigenvalue weighted by atomic mass is 32.2. The van der Waals surface area contributed by atoms with Gasteiger partial charge in [0.25, 0.3) is 5.91 Å². The minimum absolute atomic E-state index is 0.132. The molecule has 32 heavy (non-hydrogen) atoms. The lowest BCUT2D eigenvalue weighted by atomic mass is 10.1. The zero-order chi connectivity index (χ0) is 23.0. The molecule has 4 rings (SSSR count). The molecule has 1 saturated heterocycles. The largest absolute Gasteiger partial charge is 0.507 e. The number of amides is 1. The van der Waals surface area contributed by atoms with Gasteiger partial charge in [-0.3, -0.25) is 9.78 Å². The number of benzene rings is 1. The van der Waals surface area contributed by atoms with E-state index in [0.717, 1.165) is 0 Å². The van der Waals surface area contributed by atoms with Crippen molar-refractivity contribution in [3.63, 3.8) is 0 Å². The van der Waals surface area contributed by atoms with E-state index >= 15 is 0 Å². The summed E-state index contributed by atoms with van der Waals surface area (Å²) < 4.78 is 49.7. The lowest BCUT2D eigenvalue weighted by Crippen LogP contribution is -2.45. The molecule has 3 aromatic rings. The highest BCUT2D eigenvalue weighted by Crippen LogP contribution is 2.29. The van der Waals surface area contributed by atoms with Gasteiger partial charge < -0.3 is 20.7 Å². The second kappa shape index (κ2) is 8.27. The number of H-pyrrole nitrogens is 1. The summed E-state index contributed by atoms with van der Waals surface area (Å²) in [6, 6.07) is 5.37. The van der Waals surface area contributed by atoms with Crippen LogP contribution in [0.4, 0.5) is 10.2 Å². The molecule has 15 heteroatoms. The molecule has 1 amide bonds. The maximum absolute atomic E-state index is 14.8. The van der Waals surface area contributed by atoms with Crippen LogP contribution in [0.25, 0.3) is 11.2 Å². The van der Waals surface area contributed by atoms with E-state index < -0.39 is 53.0 Å². The Morgan fingerprint density at radius 1 is 1.34 bits per heavy atom. The summed E-state index contributed by atoms with van der Waals surface area (Å²) in [5, 5.41) is 19.9. The van der Waals surface area contributed by atoms with E-state index in [4.69, 9.17) is 10.5 Å². The first-order valence-electron chi connectivity index (χ1n) is 9.24. The Hall–Kier alpha value is -3.40. The van der Waals surface area contributed by atoms with Crippen LogP contribution in [-0.4, -0.2) is 64.4 Å². The first kappa shape index (κ1) is 21.8. The summed E-state index contributed by atoms with van der Waals surface area (Å²) in [4.78, 5) is 22.7. The molecule has 1 aliphatic heterocycles. The van der Waals surface area contributed by atoms with E-state index in [-0.39, 0.29) is 17.0 Å². The number of aromatic hydroxyl groups is 1. The van der Waals surface area contributed by atoms with E-state index in [1.165, 1.54) is 41.5 Å². The van der Waals surface area contributed by atoms with Crippen LogP contribution in [0.2, 0.25) is 0 Å². The number of carbonyl (C=O) groups excluding carboxylic acids is 1. The van der Waals surface area contributed by atoms with Crippen molar-refractivity contribution < 1.29 is 37.1 Å². The average Bonchev–Trinajstić information content (AvgIpc) is 3.29. The third kappa shape index (κ3) is 4.05. The third-order valence-corrected chi connectivity index (χ3v) is 5.87. The number of aromatic amines is 1. The molecule has 7 N–H and O–H groups in total. The number of para-hydroxylation sites is 1. The minimum atomic E-state index is -4.41. The topological polar surface area (TPSA) is 196 Å². The first-order valence-corrected chi connectivity index (χ1v) is 10.7. The molecule has 0 spiro atoms. The lowest BCUT2D eigenvalue weighted by molar-refractivity contribution is -0.743. The molecular formula is C17H19FN7O6S+. The zero-order valence-electron chi connectivity index (χ0n) is 16.2. The van der Waals surface area contributed by atoms with Gasteiger partial charge in [-0.1, -0.05) is 17.1 Å². The van der Waals surface area contributed by atoms with Gasteiger partial charge in [-0.2, -0.15) is 18.1 Å². The van der Waals surface area contributed by atoms with Gasteiger partial charge in [0.05, 0.1) is 5.56 Å². The number of aliphatic hydroxyl groups excluding tert-OH is 1. The van der Waals surface area contributed by atoms with E-state index in [1.54, 1.807) is 4.72 Å². The van der Waals surface area contributed by atoms with Crippen LogP contribution in [0.1, 0.15) is 16.6 Å². The first-order chi connectivity index (χ1) is 15.2. The number of anilines is 1. The number of nitrogens with zero attached hydrogens (tertiary/aromatic N) is 3. The number of imidazole rings is 1. The fourth-order valence-corrected chi connectivity index (χ4v) is 4.09. The highest BCUT2D eigenvalue weighted by molar-refractivity contribution is 7.88. The summed E-state index contributed by atoms with van der Waals surface area (Å²) in [7, 11) is -4.41. The van der Waals surface area contributed by atoms with Gasteiger partial charge in [0.1, 0.15) is 18.0 Å². The Morgan fingerprint density at radius 2 is 2.09 bits per heavy atom. The Balaban J connectivity index is 1.44. The monoisotopic (exact) mass is 468 g/mol. The molecule has 2 aromatic heterocycles. The Morgan fingerprint density at radius 3 is 2.84 bits per heavy atom. The molecule has 170 valence electrons. The highest BCUT2D eigenvalue weighted by Gasteiger charge is 2.48. The van der Waals surface area contributed by atoms with Gasteiger partial charge >= 0.3 is 15.9 Å². The van der Waals surface area contributed by atoms with Crippen molar-refractivity contribution in [2.75, 3.05) is 12.3 Å². The molecule has 1 fully saturated rings. The predicted octanol–water partition coefficient (Wildman–Crippen LogP) is -1.61. The summed E-state index contributed by atoms with van der Waals surface area (Å²) in [5.41, 5.74) is 6.06. The van der Waals surface area contributed by atoms with Crippen LogP contribution in [0.5, 0.6) is 5.75 Å². The maximum atomic E-state index is 14.8. The molecule has 0 saturated carbocycles. The maximum Gasteiger partial charge on any atom is 0.309 e. The van der Waals surface area contributed by atoms with Crippen LogP contribution < -0.4 is 19.7 Å². The molecule has 0 radical (unpaired) electrons. The summed E-state index contributed by atoms with van der Waals surface area (Å²) in [5.74, 6) is -1.35. The average molecular weight is 468 g/mol. The molecule has 13 nitrogen and oxygen atoms in total. The normalized spacial score (nSPS) is 23.4. The number of nitrogen functional groups attached to an aromatic ring is 1. The number of phenols is 1. The summed E-state index contributed by atoms with van der Waals surface area (Å²) >= 11 is 0. The van der Waals surface area contributed by atoms with Crippen LogP contribution in [-0.2, 0) is 14.9 Å². The van der Waals surface area contributed by atoms with Crippen molar-refractivity contribution in [2.45, 2.75) is 24.6 Å². The number of aromatic nitrogens is 4. The van der Waals surface area contributed by atoms with Gasteiger partial charge in [0, 0.05) is 6.54 Å². The van der Waals surface area contributed by atoms with Crippen molar-refractivity contribution in [3.8, 4) is 5.75 Å².